The number of carboxylic acid groups (broad SMARTS) is 1. The second-order valence-electron chi connectivity index (χ2n) is 6.75. The summed E-state index contributed by atoms with van der Waals surface area (Å²) in [4.78, 5) is 19.6. The van der Waals surface area contributed by atoms with Crippen LogP contribution in [0.15, 0.2) is 53.5 Å². The third-order valence-corrected chi connectivity index (χ3v) is 6.50. The van der Waals surface area contributed by atoms with Gasteiger partial charge in [-0.05, 0) is 53.9 Å². The van der Waals surface area contributed by atoms with Gasteiger partial charge in [0.15, 0.2) is 5.54 Å². The van der Waals surface area contributed by atoms with Crippen LogP contribution in [0.1, 0.15) is 11.3 Å². The number of carboxylic acids is 1. The number of thioether (sulfide) groups is 1. The number of aliphatic imine (C=N–C) groups is 1. The number of halogens is 3. The van der Waals surface area contributed by atoms with Crippen LogP contribution in [-0.4, -0.2) is 32.4 Å². The lowest BCUT2D eigenvalue weighted by Crippen LogP contribution is -2.39. The topological polar surface area (TPSA) is 65.4 Å². The molecule has 3 aromatic rings. The van der Waals surface area contributed by atoms with E-state index in [4.69, 9.17) is 23.2 Å². The van der Waals surface area contributed by atoms with E-state index >= 15 is 0 Å². The van der Waals surface area contributed by atoms with Gasteiger partial charge in [-0.15, -0.1) is 11.8 Å². The summed E-state index contributed by atoms with van der Waals surface area (Å²) in [6, 6.07) is 11.5. The van der Waals surface area contributed by atoms with E-state index in [-0.39, 0.29) is 12.2 Å². The molecular formula is C21H15Cl2FN2O2S. The normalized spacial score (nSPS) is 19.2. The lowest BCUT2D eigenvalue weighted by Gasteiger charge is -2.19. The zero-order valence-corrected chi connectivity index (χ0v) is 17.3. The Labute approximate surface area is 180 Å². The minimum Gasteiger partial charge on any atom is -0.479 e. The Morgan fingerprint density at radius 2 is 2.00 bits per heavy atom. The van der Waals surface area contributed by atoms with Crippen LogP contribution in [-0.2, 0) is 11.2 Å². The number of aromatic amines is 1. The van der Waals surface area contributed by atoms with Crippen molar-refractivity contribution < 1.29 is 14.3 Å². The van der Waals surface area contributed by atoms with Gasteiger partial charge in [-0.2, -0.15) is 0 Å². The summed E-state index contributed by atoms with van der Waals surface area (Å²) in [6.45, 7) is 0. The van der Waals surface area contributed by atoms with Gasteiger partial charge in [0.2, 0.25) is 0 Å². The summed E-state index contributed by atoms with van der Waals surface area (Å²) in [6.07, 6.45) is 3.64. The molecule has 0 saturated carbocycles. The molecular weight excluding hydrogens is 434 g/mol. The molecule has 0 radical (unpaired) electrons. The van der Waals surface area contributed by atoms with Crippen molar-refractivity contribution in [1.82, 2.24) is 4.98 Å². The lowest BCUT2D eigenvalue weighted by atomic mass is 9.96. The molecule has 2 aromatic carbocycles. The van der Waals surface area contributed by atoms with E-state index < -0.39 is 11.5 Å². The first-order valence-electron chi connectivity index (χ1n) is 8.72. The van der Waals surface area contributed by atoms with Gasteiger partial charge in [-0.3, -0.25) is 4.99 Å². The molecule has 2 heterocycles. The highest BCUT2D eigenvalue weighted by Crippen LogP contribution is 2.34. The van der Waals surface area contributed by atoms with E-state index in [1.165, 1.54) is 23.9 Å². The summed E-state index contributed by atoms with van der Waals surface area (Å²) >= 11 is 13.7. The van der Waals surface area contributed by atoms with Crippen LogP contribution in [0.2, 0.25) is 10.0 Å². The van der Waals surface area contributed by atoms with E-state index in [1.54, 1.807) is 36.4 Å². The molecule has 1 aliphatic rings. The molecule has 148 valence electrons. The highest BCUT2D eigenvalue weighted by atomic mass is 35.5. The quantitative estimate of drug-likeness (QED) is 0.515. The van der Waals surface area contributed by atoms with Gasteiger partial charge in [0.25, 0.3) is 0 Å². The summed E-state index contributed by atoms with van der Waals surface area (Å²) < 4.78 is 13.4. The highest BCUT2D eigenvalue weighted by Gasteiger charge is 2.43. The Balaban J connectivity index is 1.62. The molecule has 1 aliphatic heterocycles. The first kappa shape index (κ1) is 20.0. The van der Waals surface area contributed by atoms with E-state index in [0.29, 0.717) is 37.6 Å². The number of nitrogens with zero attached hydrogens (tertiary/aromatic N) is 1. The van der Waals surface area contributed by atoms with E-state index in [9.17, 15) is 14.3 Å². The number of rotatable bonds is 5. The van der Waals surface area contributed by atoms with Crippen LogP contribution in [0, 0.1) is 5.82 Å². The Kier molecular flexibility index (Phi) is 5.42. The van der Waals surface area contributed by atoms with Gasteiger partial charge in [-0.1, -0.05) is 29.3 Å². The molecule has 0 amide bonds. The van der Waals surface area contributed by atoms with Gasteiger partial charge in [-0.25, -0.2) is 9.18 Å². The minimum atomic E-state index is -1.30. The summed E-state index contributed by atoms with van der Waals surface area (Å²) in [5.41, 5.74) is 0.679. The maximum absolute atomic E-state index is 13.4. The molecule has 1 aromatic heterocycles. The number of H-pyrrole nitrogens is 1. The van der Waals surface area contributed by atoms with Crippen LogP contribution in [0.4, 0.5) is 4.39 Å². The molecule has 8 heteroatoms. The third-order valence-electron chi connectivity index (χ3n) is 4.70. The van der Waals surface area contributed by atoms with E-state index in [0.717, 1.165) is 5.39 Å². The fraction of sp³-hybridized carbons (Fsp3) is 0.143. The Hall–Kier alpha value is -2.28. The Bertz CT molecular complexity index is 1150. The number of nitrogens with one attached hydrogen (secondary N) is 1. The van der Waals surface area contributed by atoms with Crippen LogP contribution >= 0.6 is 35.0 Å². The van der Waals surface area contributed by atoms with Crippen molar-refractivity contribution in [3.05, 3.63) is 75.7 Å². The molecule has 0 fully saturated rings. The van der Waals surface area contributed by atoms with Gasteiger partial charge >= 0.3 is 5.97 Å². The molecule has 1 atom stereocenters. The SMILES string of the molecule is O=C(O)C1(Cc2cc3ccc(F)cc3[nH]2)CSC(/C=C/c2c(Cl)cccc2Cl)=N1. The lowest BCUT2D eigenvalue weighted by molar-refractivity contribution is -0.142. The van der Waals surface area contributed by atoms with E-state index in [2.05, 4.69) is 9.98 Å². The number of benzene rings is 2. The minimum absolute atomic E-state index is 0.176. The molecule has 0 spiro atoms. The molecule has 0 bridgehead atoms. The van der Waals surface area contributed by atoms with Gasteiger partial charge in [0.05, 0.1) is 5.04 Å². The largest absolute Gasteiger partial charge is 0.479 e. The van der Waals surface area contributed by atoms with Crippen molar-refractivity contribution >= 4 is 63.0 Å². The molecule has 0 aliphatic carbocycles. The van der Waals surface area contributed by atoms with Crippen molar-refractivity contribution in [1.29, 1.82) is 0 Å². The summed E-state index contributed by atoms with van der Waals surface area (Å²) in [7, 11) is 0. The number of aromatic nitrogens is 1. The second kappa shape index (κ2) is 7.86. The number of fused-ring (bicyclic) bond motifs is 1. The van der Waals surface area contributed by atoms with Crippen LogP contribution in [0.5, 0.6) is 0 Å². The number of aliphatic carboxylic acids is 1. The van der Waals surface area contributed by atoms with Gasteiger partial charge in [0, 0.05) is 39.0 Å². The highest BCUT2D eigenvalue weighted by molar-refractivity contribution is 8.14. The zero-order chi connectivity index (χ0) is 20.6. The maximum atomic E-state index is 13.4. The fourth-order valence-electron chi connectivity index (χ4n) is 3.22. The monoisotopic (exact) mass is 448 g/mol. The van der Waals surface area contributed by atoms with Crippen molar-refractivity contribution in [2.45, 2.75) is 12.0 Å². The number of hydrogen-bond donors (Lipinski definition) is 2. The van der Waals surface area contributed by atoms with E-state index in [1.807, 2.05) is 6.07 Å². The van der Waals surface area contributed by atoms with Crippen LogP contribution in [0.25, 0.3) is 17.0 Å². The number of hydrogen-bond acceptors (Lipinski definition) is 3. The molecule has 2 N–H and O–H groups in total. The first-order valence-corrected chi connectivity index (χ1v) is 10.5. The third kappa shape index (κ3) is 4.06. The van der Waals surface area contributed by atoms with Gasteiger partial charge < -0.3 is 10.1 Å². The van der Waals surface area contributed by atoms with Crippen molar-refractivity contribution in [2.75, 3.05) is 5.75 Å². The molecule has 4 nitrogen and oxygen atoms in total. The summed E-state index contributed by atoms with van der Waals surface area (Å²) in [5.74, 6) is -1.06. The zero-order valence-electron chi connectivity index (χ0n) is 15.0. The maximum Gasteiger partial charge on any atom is 0.332 e. The first-order chi connectivity index (χ1) is 13.9. The fourth-order valence-corrected chi connectivity index (χ4v) is 4.83. The molecule has 4 rings (SSSR count). The Morgan fingerprint density at radius 3 is 2.72 bits per heavy atom. The average Bonchev–Trinajstić information content (AvgIpc) is 3.25. The predicted octanol–water partition coefficient (Wildman–Crippen LogP) is 5.84. The van der Waals surface area contributed by atoms with Crippen LogP contribution < -0.4 is 0 Å². The van der Waals surface area contributed by atoms with Crippen LogP contribution in [0.3, 0.4) is 0 Å². The molecule has 29 heavy (non-hydrogen) atoms. The number of carbonyl (C=O) groups is 1. The smallest absolute Gasteiger partial charge is 0.332 e. The average molecular weight is 449 g/mol. The molecule has 0 saturated heterocycles. The standard InChI is InChI=1S/C21H15Cl2FN2O2S/c22-16-2-1-3-17(23)15(16)6-7-19-26-21(11-29-19,20(27)28)10-14-8-12-4-5-13(24)9-18(12)25-14/h1-9,25H,10-11H2,(H,27,28)/b7-6+. The summed E-state index contributed by atoms with van der Waals surface area (Å²) in [5, 5.41) is 12.3. The molecule has 1 unspecified atom stereocenters. The Morgan fingerprint density at radius 1 is 1.24 bits per heavy atom. The van der Waals surface area contributed by atoms with Gasteiger partial charge in [0.1, 0.15) is 5.82 Å². The second-order valence-corrected chi connectivity index (χ2v) is 8.56. The van der Waals surface area contributed by atoms with Crippen molar-refractivity contribution in [3.8, 4) is 0 Å². The predicted molar refractivity (Wildman–Crippen MR) is 118 cm³/mol. The van der Waals surface area contributed by atoms with Crippen molar-refractivity contribution in [3.63, 3.8) is 0 Å². The van der Waals surface area contributed by atoms with Crippen molar-refractivity contribution in [2.24, 2.45) is 4.99 Å².